The maximum Gasteiger partial charge on any atom is 0.310 e. The predicted octanol–water partition coefficient (Wildman–Crippen LogP) is 2.50. The normalized spacial score (nSPS) is 10.5. The summed E-state index contributed by atoms with van der Waals surface area (Å²) in [4.78, 5) is 14.7. The SMILES string of the molecule is COC(=O)Cc1cnc(Br)cc1C(F)F. The Hall–Kier alpha value is -1.04. The molecule has 0 amide bonds. The first-order chi connectivity index (χ1) is 7.04. The van der Waals surface area contributed by atoms with E-state index >= 15 is 0 Å². The molecule has 0 radical (unpaired) electrons. The minimum Gasteiger partial charge on any atom is -0.469 e. The van der Waals surface area contributed by atoms with Gasteiger partial charge < -0.3 is 4.74 Å². The maximum absolute atomic E-state index is 12.6. The molecule has 0 saturated heterocycles. The molecule has 0 aromatic carbocycles. The number of hydrogen-bond acceptors (Lipinski definition) is 3. The van der Waals surface area contributed by atoms with Gasteiger partial charge in [-0.15, -0.1) is 0 Å². The van der Waals surface area contributed by atoms with Crippen LogP contribution in [0.25, 0.3) is 0 Å². The lowest BCUT2D eigenvalue weighted by atomic mass is 10.1. The van der Waals surface area contributed by atoms with E-state index in [2.05, 4.69) is 25.7 Å². The Morgan fingerprint density at radius 3 is 2.87 bits per heavy atom. The molecule has 0 spiro atoms. The summed E-state index contributed by atoms with van der Waals surface area (Å²) < 4.78 is 29.8. The molecule has 0 aliphatic carbocycles. The van der Waals surface area contributed by atoms with Crippen LogP contribution in [0.2, 0.25) is 0 Å². The number of pyridine rings is 1. The van der Waals surface area contributed by atoms with E-state index in [0.29, 0.717) is 4.60 Å². The second kappa shape index (κ2) is 5.16. The lowest BCUT2D eigenvalue weighted by molar-refractivity contribution is -0.139. The molecular formula is C9H8BrF2NO2. The van der Waals surface area contributed by atoms with Gasteiger partial charge in [0.1, 0.15) is 4.60 Å². The average molecular weight is 280 g/mol. The van der Waals surface area contributed by atoms with Gasteiger partial charge in [0.15, 0.2) is 0 Å². The Morgan fingerprint density at radius 2 is 2.33 bits per heavy atom. The highest BCUT2D eigenvalue weighted by Crippen LogP contribution is 2.25. The maximum atomic E-state index is 12.6. The van der Waals surface area contributed by atoms with Crippen molar-refractivity contribution in [2.75, 3.05) is 7.11 Å². The quantitative estimate of drug-likeness (QED) is 0.630. The van der Waals surface area contributed by atoms with Crippen molar-refractivity contribution in [1.29, 1.82) is 0 Å². The molecule has 0 aliphatic heterocycles. The second-order valence-electron chi connectivity index (χ2n) is 2.76. The summed E-state index contributed by atoms with van der Waals surface area (Å²) in [5.74, 6) is -0.568. The van der Waals surface area contributed by atoms with Gasteiger partial charge in [-0.05, 0) is 27.6 Å². The van der Waals surface area contributed by atoms with Gasteiger partial charge in [0.25, 0.3) is 6.43 Å². The average Bonchev–Trinajstić information content (AvgIpc) is 2.20. The highest BCUT2D eigenvalue weighted by atomic mass is 79.9. The zero-order valence-corrected chi connectivity index (χ0v) is 9.42. The number of alkyl halides is 2. The van der Waals surface area contributed by atoms with Crippen molar-refractivity contribution in [3.05, 3.63) is 28.0 Å². The molecule has 6 heteroatoms. The van der Waals surface area contributed by atoms with Crippen molar-refractivity contribution >= 4 is 21.9 Å². The third-order valence-corrected chi connectivity index (χ3v) is 2.22. The number of esters is 1. The van der Waals surface area contributed by atoms with E-state index < -0.39 is 12.4 Å². The summed E-state index contributed by atoms with van der Waals surface area (Å²) in [5.41, 5.74) is -0.0256. The lowest BCUT2D eigenvalue weighted by Gasteiger charge is -2.07. The molecule has 0 atom stereocenters. The molecule has 0 saturated carbocycles. The molecule has 0 fully saturated rings. The lowest BCUT2D eigenvalue weighted by Crippen LogP contribution is -2.07. The number of halogens is 3. The second-order valence-corrected chi connectivity index (χ2v) is 3.57. The molecule has 1 heterocycles. The van der Waals surface area contributed by atoms with Crippen molar-refractivity contribution in [3.63, 3.8) is 0 Å². The van der Waals surface area contributed by atoms with Gasteiger partial charge >= 0.3 is 5.97 Å². The van der Waals surface area contributed by atoms with Gasteiger partial charge in [-0.1, -0.05) is 0 Å². The highest BCUT2D eigenvalue weighted by molar-refractivity contribution is 9.10. The van der Waals surface area contributed by atoms with Crippen LogP contribution in [0.15, 0.2) is 16.9 Å². The molecule has 1 aromatic heterocycles. The van der Waals surface area contributed by atoms with E-state index in [9.17, 15) is 13.6 Å². The van der Waals surface area contributed by atoms with Crippen molar-refractivity contribution in [3.8, 4) is 0 Å². The molecule has 15 heavy (non-hydrogen) atoms. The topological polar surface area (TPSA) is 39.2 Å². The van der Waals surface area contributed by atoms with Crippen LogP contribution >= 0.6 is 15.9 Å². The van der Waals surface area contributed by atoms with Crippen LogP contribution in [0, 0.1) is 0 Å². The zero-order valence-electron chi connectivity index (χ0n) is 7.84. The first kappa shape index (κ1) is 12.0. The molecule has 3 nitrogen and oxygen atoms in total. The summed E-state index contributed by atoms with van der Waals surface area (Å²) in [6, 6.07) is 1.20. The van der Waals surface area contributed by atoms with Gasteiger partial charge in [0, 0.05) is 11.8 Å². The van der Waals surface area contributed by atoms with E-state index in [1.165, 1.54) is 19.4 Å². The number of carbonyl (C=O) groups excluding carboxylic acids is 1. The van der Waals surface area contributed by atoms with E-state index in [1.54, 1.807) is 0 Å². The Bertz CT molecular complexity index is 371. The van der Waals surface area contributed by atoms with Crippen LogP contribution in [0.3, 0.4) is 0 Å². The van der Waals surface area contributed by atoms with Crippen molar-refractivity contribution in [1.82, 2.24) is 4.98 Å². The fourth-order valence-corrected chi connectivity index (χ4v) is 1.40. The first-order valence-electron chi connectivity index (χ1n) is 4.04. The van der Waals surface area contributed by atoms with Crippen LogP contribution < -0.4 is 0 Å². The predicted molar refractivity (Wildman–Crippen MR) is 52.6 cm³/mol. The van der Waals surface area contributed by atoms with Gasteiger partial charge in [0.05, 0.1) is 13.5 Å². The monoisotopic (exact) mass is 279 g/mol. The smallest absolute Gasteiger partial charge is 0.310 e. The standard InChI is InChI=1S/C9H8BrF2NO2/c1-15-8(14)2-5-4-13-7(10)3-6(5)9(11)12/h3-4,9H,2H2,1H3. The summed E-state index contributed by atoms with van der Waals surface area (Å²) in [6.45, 7) is 0. The summed E-state index contributed by atoms with van der Waals surface area (Å²) in [7, 11) is 1.21. The van der Waals surface area contributed by atoms with Crippen molar-refractivity contribution in [2.45, 2.75) is 12.8 Å². The Kier molecular flexibility index (Phi) is 4.14. The fraction of sp³-hybridized carbons (Fsp3) is 0.333. The Balaban J connectivity index is 3.00. The van der Waals surface area contributed by atoms with E-state index in [4.69, 9.17) is 0 Å². The molecule has 0 unspecified atom stereocenters. The van der Waals surface area contributed by atoms with Gasteiger partial charge in [-0.25, -0.2) is 13.8 Å². The van der Waals surface area contributed by atoms with E-state index in [-0.39, 0.29) is 17.5 Å². The number of hydrogen-bond donors (Lipinski definition) is 0. The van der Waals surface area contributed by atoms with Crippen LogP contribution in [0.1, 0.15) is 17.6 Å². The molecular weight excluding hydrogens is 272 g/mol. The molecule has 1 rings (SSSR count). The number of aromatic nitrogens is 1. The third kappa shape index (κ3) is 3.23. The highest BCUT2D eigenvalue weighted by Gasteiger charge is 2.16. The molecule has 82 valence electrons. The van der Waals surface area contributed by atoms with Gasteiger partial charge in [-0.2, -0.15) is 0 Å². The Morgan fingerprint density at radius 1 is 1.67 bits per heavy atom. The summed E-state index contributed by atoms with van der Waals surface area (Å²) in [5, 5.41) is 0. The van der Waals surface area contributed by atoms with Crippen LogP contribution in [-0.4, -0.2) is 18.1 Å². The van der Waals surface area contributed by atoms with Crippen molar-refractivity contribution < 1.29 is 18.3 Å². The first-order valence-corrected chi connectivity index (χ1v) is 4.83. The molecule has 0 aliphatic rings. The minimum absolute atomic E-state index is 0.181. The number of rotatable bonds is 3. The van der Waals surface area contributed by atoms with Gasteiger partial charge in [0.2, 0.25) is 0 Å². The summed E-state index contributed by atoms with van der Waals surface area (Å²) in [6.07, 6.45) is -1.59. The summed E-state index contributed by atoms with van der Waals surface area (Å²) >= 11 is 2.99. The van der Waals surface area contributed by atoms with Crippen molar-refractivity contribution in [2.24, 2.45) is 0 Å². The Labute approximate surface area is 93.6 Å². The van der Waals surface area contributed by atoms with E-state index in [1.807, 2.05) is 0 Å². The molecule has 0 N–H and O–H groups in total. The van der Waals surface area contributed by atoms with E-state index in [0.717, 1.165) is 0 Å². The minimum atomic E-state index is -2.64. The zero-order chi connectivity index (χ0) is 11.4. The van der Waals surface area contributed by atoms with Crippen LogP contribution in [0.5, 0.6) is 0 Å². The van der Waals surface area contributed by atoms with Crippen LogP contribution in [0.4, 0.5) is 8.78 Å². The van der Waals surface area contributed by atoms with Crippen LogP contribution in [-0.2, 0) is 16.0 Å². The fourth-order valence-electron chi connectivity index (χ4n) is 1.05. The third-order valence-electron chi connectivity index (χ3n) is 1.79. The number of carbonyl (C=O) groups is 1. The number of nitrogens with zero attached hydrogens (tertiary/aromatic N) is 1. The van der Waals surface area contributed by atoms with Gasteiger partial charge in [-0.3, -0.25) is 4.79 Å². The number of methoxy groups -OCH3 is 1. The number of ether oxygens (including phenoxy) is 1. The largest absolute Gasteiger partial charge is 0.469 e. The molecule has 1 aromatic rings. The molecule has 0 bridgehead atoms.